The molecule has 4 N–H and O–H groups in total. The molecule has 0 saturated heterocycles. The summed E-state index contributed by atoms with van der Waals surface area (Å²) in [6.07, 6.45) is -0.188. The van der Waals surface area contributed by atoms with Crippen LogP contribution < -0.4 is 21.5 Å². The normalized spacial score (nSPS) is 15.1. The lowest BCUT2D eigenvalue weighted by molar-refractivity contribution is -0.123. The molecule has 2 amide bonds. The zero-order valence-electron chi connectivity index (χ0n) is 15.6. The Morgan fingerprint density at radius 1 is 1.03 bits per heavy atom. The van der Waals surface area contributed by atoms with Crippen molar-refractivity contribution >= 4 is 69.8 Å². The van der Waals surface area contributed by atoms with Crippen LogP contribution in [0.2, 0.25) is 15.1 Å². The Kier molecular flexibility index (Phi) is 5.86. The van der Waals surface area contributed by atoms with Gasteiger partial charge in [0.1, 0.15) is 5.82 Å². The molecule has 1 unspecified atom stereocenters. The fourth-order valence-electron chi connectivity index (χ4n) is 3.14. The summed E-state index contributed by atoms with van der Waals surface area (Å²) in [7, 11) is 0. The van der Waals surface area contributed by atoms with E-state index in [1.54, 1.807) is 36.4 Å². The molecular formula is C20H14Cl3N5O3. The number of nitrogens with zero attached hydrogens (tertiary/aromatic N) is 1. The third-order valence-electron chi connectivity index (χ3n) is 4.56. The maximum absolute atomic E-state index is 12.8. The molecule has 0 radical (unpaired) electrons. The van der Waals surface area contributed by atoms with Crippen LogP contribution in [0.3, 0.4) is 0 Å². The third-order valence-corrected chi connectivity index (χ3v) is 5.36. The monoisotopic (exact) mass is 477 g/mol. The molecule has 2 aromatic carbocycles. The fourth-order valence-corrected chi connectivity index (χ4v) is 3.72. The molecule has 0 bridgehead atoms. The van der Waals surface area contributed by atoms with Gasteiger partial charge in [-0.05, 0) is 42.5 Å². The minimum absolute atomic E-state index is 0.00356. The number of halogens is 3. The predicted octanol–water partition coefficient (Wildman–Crippen LogP) is 4.54. The van der Waals surface area contributed by atoms with E-state index >= 15 is 0 Å². The quantitative estimate of drug-likeness (QED) is 0.439. The van der Waals surface area contributed by atoms with Crippen LogP contribution in [-0.2, 0) is 9.59 Å². The van der Waals surface area contributed by atoms with E-state index in [1.807, 2.05) is 0 Å². The summed E-state index contributed by atoms with van der Waals surface area (Å²) >= 11 is 17.9. The summed E-state index contributed by atoms with van der Waals surface area (Å²) in [5, 5.41) is 9.39. The summed E-state index contributed by atoms with van der Waals surface area (Å²) in [6.45, 7) is 0. The highest BCUT2D eigenvalue weighted by Crippen LogP contribution is 2.31. The molecule has 1 aliphatic rings. The maximum atomic E-state index is 12.8. The summed E-state index contributed by atoms with van der Waals surface area (Å²) in [6, 6.07) is 11.2. The van der Waals surface area contributed by atoms with E-state index < -0.39 is 23.3 Å². The van der Waals surface area contributed by atoms with Gasteiger partial charge in [0.05, 0.1) is 22.2 Å². The van der Waals surface area contributed by atoms with Crippen molar-refractivity contribution in [1.29, 1.82) is 0 Å². The van der Waals surface area contributed by atoms with E-state index in [2.05, 4.69) is 25.9 Å². The molecule has 2 heterocycles. The van der Waals surface area contributed by atoms with Crippen LogP contribution in [0.5, 0.6) is 0 Å². The molecule has 8 nitrogen and oxygen atoms in total. The number of H-pyrrole nitrogens is 1. The summed E-state index contributed by atoms with van der Waals surface area (Å²) in [5.41, 5.74) is 0.447. The minimum Gasteiger partial charge on any atom is -0.326 e. The van der Waals surface area contributed by atoms with E-state index in [1.165, 1.54) is 6.07 Å². The van der Waals surface area contributed by atoms with E-state index in [0.29, 0.717) is 26.4 Å². The van der Waals surface area contributed by atoms with Gasteiger partial charge in [-0.25, -0.2) is 0 Å². The Morgan fingerprint density at radius 3 is 2.45 bits per heavy atom. The van der Waals surface area contributed by atoms with Crippen LogP contribution in [0.25, 0.3) is 0 Å². The van der Waals surface area contributed by atoms with E-state index in [-0.39, 0.29) is 23.8 Å². The molecule has 0 saturated carbocycles. The first-order valence-corrected chi connectivity index (χ1v) is 10.2. The van der Waals surface area contributed by atoms with Crippen LogP contribution in [0, 0.1) is 0 Å². The van der Waals surface area contributed by atoms with Gasteiger partial charge >= 0.3 is 0 Å². The van der Waals surface area contributed by atoms with Crippen molar-refractivity contribution < 1.29 is 9.59 Å². The highest BCUT2D eigenvalue weighted by Gasteiger charge is 2.34. The first-order valence-electron chi connectivity index (χ1n) is 9.03. The predicted molar refractivity (Wildman–Crippen MR) is 121 cm³/mol. The number of carbonyl (C=O) groups excluding carboxylic acids is 2. The molecule has 1 aliphatic heterocycles. The lowest BCUT2D eigenvalue weighted by Crippen LogP contribution is -2.36. The molecule has 11 heteroatoms. The Hall–Kier alpha value is -3.07. The molecular weight excluding hydrogens is 465 g/mol. The average Bonchev–Trinajstić information content (AvgIpc) is 2.71. The van der Waals surface area contributed by atoms with Crippen molar-refractivity contribution in [2.45, 2.75) is 12.3 Å². The number of hydrogen-bond donors (Lipinski definition) is 4. The summed E-state index contributed by atoms with van der Waals surface area (Å²) in [5.74, 6) is -1.90. The average molecular weight is 479 g/mol. The standard InChI is InChI=1S/C20H14Cl3N5O3/c21-9-1-4-11(5-2-9)24-18(30)12-8-15(29)26-17-16(12)19(31)28-20(27-17)25-14-6-3-10(22)7-13(14)23/h1-7,12H,8H2,(H,24,30)(H3,25,26,27,28,29,31). The van der Waals surface area contributed by atoms with Crippen LogP contribution in [0.4, 0.5) is 23.1 Å². The van der Waals surface area contributed by atoms with Crippen molar-refractivity contribution in [3.05, 3.63) is 73.4 Å². The minimum atomic E-state index is -1.01. The number of carbonyl (C=O) groups is 2. The first kappa shape index (κ1) is 21.2. The van der Waals surface area contributed by atoms with Crippen LogP contribution in [0.15, 0.2) is 47.3 Å². The molecule has 3 aromatic rings. The highest BCUT2D eigenvalue weighted by atomic mass is 35.5. The highest BCUT2D eigenvalue weighted by molar-refractivity contribution is 6.36. The van der Waals surface area contributed by atoms with Gasteiger partial charge in [-0.3, -0.25) is 19.4 Å². The zero-order chi connectivity index (χ0) is 22.1. The lowest BCUT2D eigenvalue weighted by Gasteiger charge is -2.23. The van der Waals surface area contributed by atoms with Crippen LogP contribution >= 0.6 is 34.8 Å². The van der Waals surface area contributed by atoms with Crippen molar-refractivity contribution in [3.8, 4) is 0 Å². The van der Waals surface area contributed by atoms with Gasteiger partial charge < -0.3 is 16.0 Å². The topological polar surface area (TPSA) is 116 Å². The fraction of sp³-hybridized carbons (Fsp3) is 0.100. The number of amides is 2. The number of aromatic nitrogens is 2. The number of fused-ring (bicyclic) bond motifs is 1. The molecule has 4 rings (SSSR count). The second kappa shape index (κ2) is 8.58. The van der Waals surface area contributed by atoms with Crippen molar-refractivity contribution in [2.24, 2.45) is 0 Å². The largest absolute Gasteiger partial charge is 0.326 e. The van der Waals surface area contributed by atoms with Crippen molar-refractivity contribution in [3.63, 3.8) is 0 Å². The molecule has 1 aromatic heterocycles. The number of hydrogen-bond acceptors (Lipinski definition) is 5. The van der Waals surface area contributed by atoms with Crippen molar-refractivity contribution in [2.75, 3.05) is 16.0 Å². The van der Waals surface area contributed by atoms with Crippen LogP contribution in [-0.4, -0.2) is 21.8 Å². The van der Waals surface area contributed by atoms with E-state index in [9.17, 15) is 14.4 Å². The van der Waals surface area contributed by atoms with Gasteiger partial charge in [0.2, 0.25) is 17.8 Å². The summed E-state index contributed by atoms with van der Waals surface area (Å²) in [4.78, 5) is 44.6. The molecule has 158 valence electrons. The second-order valence-electron chi connectivity index (χ2n) is 6.73. The molecule has 0 fully saturated rings. The van der Waals surface area contributed by atoms with Gasteiger partial charge in [0, 0.05) is 22.2 Å². The summed E-state index contributed by atoms with van der Waals surface area (Å²) < 4.78 is 0. The third kappa shape index (κ3) is 4.66. The Morgan fingerprint density at radius 2 is 1.74 bits per heavy atom. The van der Waals surface area contributed by atoms with Gasteiger partial charge in [-0.15, -0.1) is 0 Å². The van der Waals surface area contributed by atoms with Gasteiger partial charge in [0.25, 0.3) is 5.56 Å². The van der Waals surface area contributed by atoms with Gasteiger partial charge in [-0.2, -0.15) is 4.98 Å². The molecule has 0 aliphatic carbocycles. The van der Waals surface area contributed by atoms with Crippen molar-refractivity contribution in [1.82, 2.24) is 9.97 Å². The Labute approximate surface area is 190 Å². The number of benzene rings is 2. The maximum Gasteiger partial charge on any atom is 0.258 e. The SMILES string of the molecule is O=C1CC(C(=O)Nc2ccc(Cl)cc2)c2c(nc(Nc3ccc(Cl)cc3Cl)[nH]c2=O)N1. The Balaban J connectivity index is 1.64. The zero-order valence-corrected chi connectivity index (χ0v) is 17.9. The molecule has 1 atom stereocenters. The van der Waals surface area contributed by atoms with Crippen LogP contribution in [0.1, 0.15) is 17.9 Å². The van der Waals surface area contributed by atoms with Gasteiger partial charge in [-0.1, -0.05) is 34.8 Å². The first-order chi connectivity index (χ1) is 14.8. The molecule has 0 spiro atoms. The van der Waals surface area contributed by atoms with E-state index in [0.717, 1.165) is 0 Å². The smallest absolute Gasteiger partial charge is 0.258 e. The number of aromatic amines is 1. The number of rotatable bonds is 4. The lowest BCUT2D eigenvalue weighted by atomic mass is 9.92. The van der Waals surface area contributed by atoms with E-state index in [4.69, 9.17) is 34.8 Å². The Bertz CT molecular complexity index is 1240. The molecule has 31 heavy (non-hydrogen) atoms. The second-order valence-corrected chi connectivity index (χ2v) is 8.01. The number of anilines is 4. The number of nitrogens with one attached hydrogen (secondary N) is 4. The van der Waals surface area contributed by atoms with Gasteiger partial charge in [0.15, 0.2) is 0 Å².